The van der Waals surface area contributed by atoms with Crippen LogP contribution in [0, 0.1) is 0 Å². The Bertz CT molecular complexity index is 1250. The molecule has 0 unspecified atom stereocenters. The predicted octanol–water partition coefficient (Wildman–Crippen LogP) is 4.56. The van der Waals surface area contributed by atoms with E-state index in [0.717, 1.165) is 31.2 Å². The molecule has 3 aromatic rings. The van der Waals surface area contributed by atoms with E-state index in [2.05, 4.69) is 20.4 Å². The maximum Gasteiger partial charge on any atom is 0.282 e. The molecule has 0 bridgehead atoms. The lowest BCUT2D eigenvalue weighted by molar-refractivity contribution is -0.117. The third-order valence-electron chi connectivity index (χ3n) is 6.51. The van der Waals surface area contributed by atoms with Crippen LogP contribution in [0.5, 0.6) is 0 Å². The predicted molar refractivity (Wildman–Crippen MR) is 110 cm³/mol. The number of fused-ring (bicyclic) bond motifs is 4. The van der Waals surface area contributed by atoms with E-state index in [4.69, 9.17) is 11.6 Å². The van der Waals surface area contributed by atoms with Crippen LogP contribution in [0.2, 0.25) is 5.02 Å². The van der Waals surface area contributed by atoms with Crippen molar-refractivity contribution < 1.29 is 27.5 Å². The second-order valence-corrected chi connectivity index (χ2v) is 8.86. The zero-order chi connectivity index (χ0) is 23.5. The number of pyridine rings is 1. The van der Waals surface area contributed by atoms with Gasteiger partial charge in [0.05, 0.1) is 34.2 Å². The number of hydrogen-bond donors (Lipinski definition) is 2. The van der Waals surface area contributed by atoms with Gasteiger partial charge in [0, 0.05) is 23.2 Å². The summed E-state index contributed by atoms with van der Waals surface area (Å²) in [4.78, 5) is 21.2. The normalized spacial score (nSPS) is 19.8. The highest BCUT2D eigenvalue weighted by Crippen LogP contribution is 2.56. The Balaban J connectivity index is 1.46. The van der Waals surface area contributed by atoms with Crippen molar-refractivity contribution in [2.75, 3.05) is 5.32 Å². The van der Waals surface area contributed by atoms with Crippen molar-refractivity contribution in [2.24, 2.45) is 0 Å². The molecule has 0 aliphatic heterocycles. The number of aromatic nitrogens is 4. The standard InChI is InChI=1S/C21H18ClF4N5O2/c22-12-4-9(7-28-15(12)16(32)19(25)26)29-20(33)10-6-21(2-1-3-21)17-11(10)8-27-14-5-13(18(23)24)30-31(14)17/h4-5,7-8,10,16,18-19,32H,1-3,6H2,(H,29,33)/t10-,16+/m1/s1. The minimum absolute atomic E-state index is 0.180. The summed E-state index contributed by atoms with van der Waals surface area (Å²) in [6.45, 7) is 0. The maximum atomic E-state index is 13.2. The summed E-state index contributed by atoms with van der Waals surface area (Å²) in [6.07, 6.45) is -2.21. The van der Waals surface area contributed by atoms with Crippen LogP contribution in [0.25, 0.3) is 5.65 Å². The summed E-state index contributed by atoms with van der Waals surface area (Å²) >= 11 is 5.97. The Hall–Kier alpha value is -2.79. The SMILES string of the molecule is O=C(Nc1cnc([C@H](O)C(F)F)c(Cl)c1)[C@@H]1CC2(CCC2)c2c1cnc1cc(C(F)F)nn21. The number of nitrogens with zero attached hydrogens (tertiary/aromatic N) is 4. The van der Waals surface area contributed by atoms with Crippen LogP contribution < -0.4 is 5.32 Å². The van der Waals surface area contributed by atoms with Gasteiger partial charge in [-0.3, -0.25) is 9.78 Å². The molecule has 1 amide bonds. The van der Waals surface area contributed by atoms with Gasteiger partial charge >= 0.3 is 0 Å². The van der Waals surface area contributed by atoms with Gasteiger partial charge in [0.2, 0.25) is 5.91 Å². The van der Waals surface area contributed by atoms with Crippen LogP contribution in [0.1, 0.15) is 66.8 Å². The average molecular weight is 484 g/mol. The van der Waals surface area contributed by atoms with E-state index < -0.39 is 24.9 Å². The van der Waals surface area contributed by atoms with Crippen molar-refractivity contribution in [1.29, 1.82) is 0 Å². The van der Waals surface area contributed by atoms with Gasteiger partial charge in [0.15, 0.2) is 11.8 Å². The molecule has 2 aliphatic rings. The van der Waals surface area contributed by atoms with Gasteiger partial charge in [-0.15, -0.1) is 0 Å². The summed E-state index contributed by atoms with van der Waals surface area (Å²) in [5.74, 6) is -0.996. The molecule has 174 valence electrons. The van der Waals surface area contributed by atoms with Crippen molar-refractivity contribution in [2.45, 2.75) is 56.0 Å². The van der Waals surface area contributed by atoms with Crippen molar-refractivity contribution in [3.63, 3.8) is 0 Å². The molecule has 2 atom stereocenters. The van der Waals surface area contributed by atoms with Gasteiger partial charge in [-0.2, -0.15) is 5.10 Å². The van der Waals surface area contributed by atoms with Crippen LogP contribution in [0.15, 0.2) is 24.5 Å². The number of hydrogen-bond acceptors (Lipinski definition) is 5. The van der Waals surface area contributed by atoms with Gasteiger partial charge < -0.3 is 10.4 Å². The first-order valence-electron chi connectivity index (χ1n) is 10.3. The fraction of sp³-hybridized carbons (Fsp3) is 0.429. The summed E-state index contributed by atoms with van der Waals surface area (Å²) < 4.78 is 53.3. The molecule has 12 heteroatoms. The number of carbonyl (C=O) groups excluding carboxylic acids is 1. The second kappa shape index (κ2) is 7.91. The smallest absolute Gasteiger partial charge is 0.282 e. The number of rotatable bonds is 5. The summed E-state index contributed by atoms with van der Waals surface area (Å²) in [6, 6.07) is 2.49. The second-order valence-electron chi connectivity index (χ2n) is 8.45. The molecular formula is C21H18ClF4N5O2. The number of halogens is 5. The Morgan fingerprint density at radius 3 is 2.58 bits per heavy atom. The van der Waals surface area contributed by atoms with Crippen LogP contribution >= 0.6 is 11.6 Å². The first-order valence-corrected chi connectivity index (χ1v) is 10.7. The van der Waals surface area contributed by atoms with E-state index in [-0.39, 0.29) is 33.4 Å². The van der Waals surface area contributed by atoms with E-state index in [1.165, 1.54) is 22.8 Å². The van der Waals surface area contributed by atoms with Crippen LogP contribution in [0.4, 0.5) is 23.2 Å². The Morgan fingerprint density at radius 2 is 1.97 bits per heavy atom. The topological polar surface area (TPSA) is 92.4 Å². The van der Waals surface area contributed by atoms with Gasteiger partial charge in [0.1, 0.15) is 5.69 Å². The first-order chi connectivity index (χ1) is 15.7. The third kappa shape index (κ3) is 3.54. The van der Waals surface area contributed by atoms with E-state index in [9.17, 15) is 27.5 Å². The highest BCUT2D eigenvalue weighted by atomic mass is 35.5. The van der Waals surface area contributed by atoms with E-state index in [0.29, 0.717) is 17.6 Å². The lowest BCUT2D eigenvalue weighted by Gasteiger charge is -2.39. The minimum Gasteiger partial charge on any atom is -0.381 e. The lowest BCUT2D eigenvalue weighted by Crippen LogP contribution is -2.34. The minimum atomic E-state index is -3.05. The van der Waals surface area contributed by atoms with Gasteiger partial charge in [-0.05, 0) is 25.3 Å². The Morgan fingerprint density at radius 1 is 1.21 bits per heavy atom. The quantitative estimate of drug-likeness (QED) is 0.519. The molecule has 5 rings (SSSR count). The van der Waals surface area contributed by atoms with Crippen molar-refractivity contribution in [3.8, 4) is 0 Å². The van der Waals surface area contributed by atoms with Gasteiger partial charge in [0.25, 0.3) is 12.9 Å². The summed E-state index contributed by atoms with van der Waals surface area (Å²) in [7, 11) is 0. The number of alkyl halides is 4. The van der Waals surface area contributed by atoms with Crippen LogP contribution in [0.3, 0.4) is 0 Å². The molecule has 3 heterocycles. The number of aliphatic hydroxyl groups is 1. The van der Waals surface area contributed by atoms with Gasteiger partial charge in [-0.1, -0.05) is 18.0 Å². The average Bonchev–Trinajstić information content (AvgIpc) is 3.32. The number of nitrogens with one attached hydrogen (secondary N) is 1. The van der Waals surface area contributed by atoms with Crippen LogP contribution in [-0.2, 0) is 10.2 Å². The zero-order valence-electron chi connectivity index (χ0n) is 17.0. The third-order valence-corrected chi connectivity index (χ3v) is 6.81. The molecule has 1 fully saturated rings. The Kier molecular flexibility index (Phi) is 5.28. The molecule has 1 spiro atoms. The molecule has 2 aliphatic carbocycles. The summed E-state index contributed by atoms with van der Waals surface area (Å²) in [5, 5.41) is 16.0. The highest BCUT2D eigenvalue weighted by Gasteiger charge is 2.52. The highest BCUT2D eigenvalue weighted by molar-refractivity contribution is 6.31. The number of amides is 1. The van der Waals surface area contributed by atoms with E-state index in [1.54, 1.807) is 0 Å². The summed E-state index contributed by atoms with van der Waals surface area (Å²) in [5.41, 5.74) is 0.740. The van der Waals surface area contributed by atoms with Crippen molar-refractivity contribution >= 4 is 28.8 Å². The fourth-order valence-electron chi connectivity index (χ4n) is 4.82. The number of carbonyl (C=O) groups is 1. The van der Waals surface area contributed by atoms with Crippen molar-refractivity contribution in [3.05, 3.63) is 52.2 Å². The largest absolute Gasteiger partial charge is 0.381 e. The monoisotopic (exact) mass is 483 g/mol. The molecule has 33 heavy (non-hydrogen) atoms. The molecule has 1 saturated carbocycles. The molecule has 0 saturated heterocycles. The molecule has 2 N–H and O–H groups in total. The number of anilines is 1. The van der Waals surface area contributed by atoms with E-state index in [1.807, 2.05) is 0 Å². The van der Waals surface area contributed by atoms with Crippen molar-refractivity contribution in [1.82, 2.24) is 19.6 Å². The lowest BCUT2D eigenvalue weighted by atomic mass is 9.66. The zero-order valence-corrected chi connectivity index (χ0v) is 17.7. The van der Waals surface area contributed by atoms with E-state index >= 15 is 0 Å². The molecule has 0 radical (unpaired) electrons. The maximum absolute atomic E-state index is 13.2. The fourth-order valence-corrected chi connectivity index (χ4v) is 5.09. The molecule has 3 aromatic heterocycles. The van der Waals surface area contributed by atoms with Crippen LogP contribution in [-0.4, -0.2) is 37.0 Å². The van der Waals surface area contributed by atoms with Gasteiger partial charge in [-0.25, -0.2) is 27.1 Å². The number of aliphatic hydroxyl groups excluding tert-OH is 1. The molecular weight excluding hydrogens is 466 g/mol. The first kappa shape index (κ1) is 22.0. The molecule has 0 aromatic carbocycles. The molecule has 7 nitrogen and oxygen atoms in total. The Labute approximate surface area is 189 Å².